The zero-order valence-electron chi connectivity index (χ0n) is 29.1. The summed E-state index contributed by atoms with van der Waals surface area (Å²) in [5.41, 5.74) is 8.75. The number of aromatic amines is 1. The van der Waals surface area contributed by atoms with Gasteiger partial charge in [-0.15, -0.1) is 0 Å². The fourth-order valence-corrected chi connectivity index (χ4v) is 6.05. The van der Waals surface area contributed by atoms with Gasteiger partial charge in [0.15, 0.2) is 0 Å². The lowest BCUT2D eigenvalue weighted by Crippen LogP contribution is -2.28. The highest BCUT2D eigenvalue weighted by Crippen LogP contribution is 2.30. The Bertz CT molecular complexity index is 1940. The number of rotatable bonds is 14. The largest absolute Gasteiger partial charge is 0.384 e. The Hall–Kier alpha value is -5.06. The summed E-state index contributed by atoms with van der Waals surface area (Å²) in [7, 11) is 4.01. The maximum Gasteiger partial charge on any atom is 0.125 e. The molecule has 49 heavy (non-hydrogen) atoms. The van der Waals surface area contributed by atoms with E-state index in [4.69, 9.17) is 0 Å². The van der Waals surface area contributed by atoms with E-state index in [1.807, 2.05) is 64.6 Å². The van der Waals surface area contributed by atoms with Gasteiger partial charge in [0.25, 0.3) is 0 Å². The van der Waals surface area contributed by atoms with Crippen LogP contribution in [0.5, 0.6) is 0 Å². The molecule has 0 atom stereocenters. The third kappa shape index (κ3) is 9.31. The average Bonchev–Trinajstić information content (AvgIpc) is 3.44. The van der Waals surface area contributed by atoms with Crippen LogP contribution in [0.25, 0.3) is 35.2 Å². The number of halogens is 1. The number of aromatic nitrogens is 4. The van der Waals surface area contributed by atoms with Gasteiger partial charge in [-0.1, -0.05) is 25.8 Å². The molecule has 5 rings (SSSR count). The molecule has 1 aliphatic rings. The molecular formula is C39H48FN9. The first-order chi connectivity index (χ1) is 23.6. The second kappa shape index (κ2) is 16.4. The van der Waals surface area contributed by atoms with Crippen molar-refractivity contribution in [3.63, 3.8) is 0 Å². The van der Waals surface area contributed by atoms with Gasteiger partial charge >= 0.3 is 0 Å². The van der Waals surface area contributed by atoms with Crippen molar-refractivity contribution >= 4 is 41.0 Å². The lowest BCUT2D eigenvalue weighted by molar-refractivity contribution is 0.373. The molecular weight excluding hydrogens is 613 g/mol. The summed E-state index contributed by atoms with van der Waals surface area (Å²) in [5.74, 6) is 0.317. The summed E-state index contributed by atoms with van der Waals surface area (Å²) in [4.78, 5) is 11.2. The molecule has 0 bridgehead atoms. The maximum absolute atomic E-state index is 14.7. The van der Waals surface area contributed by atoms with Crippen LogP contribution in [0.1, 0.15) is 43.0 Å². The van der Waals surface area contributed by atoms with E-state index in [0.717, 1.165) is 65.0 Å². The molecule has 1 aromatic carbocycles. The first-order valence-corrected chi connectivity index (χ1v) is 16.7. The van der Waals surface area contributed by atoms with Crippen LogP contribution in [0.3, 0.4) is 0 Å². The molecule has 3 aromatic heterocycles. The predicted molar refractivity (Wildman–Crippen MR) is 203 cm³/mol. The fraction of sp³-hybridized carbons (Fsp3) is 0.308. The summed E-state index contributed by atoms with van der Waals surface area (Å²) in [6, 6.07) is 8.88. The first kappa shape index (κ1) is 35.3. The van der Waals surface area contributed by atoms with Gasteiger partial charge in [0.05, 0.1) is 28.6 Å². The van der Waals surface area contributed by atoms with E-state index in [1.165, 1.54) is 25.0 Å². The summed E-state index contributed by atoms with van der Waals surface area (Å²) in [6.45, 7) is 20.4. The molecule has 0 saturated carbocycles. The number of pyridine rings is 2. The molecule has 10 heteroatoms. The second-order valence-corrected chi connectivity index (χ2v) is 12.8. The van der Waals surface area contributed by atoms with Gasteiger partial charge in [-0.05, 0) is 114 Å². The third-order valence-corrected chi connectivity index (χ3v) is 8.72. The van der Waals surface area contributed by atoms with Crippen LogP contribution in [0.2, 0.25) is 0 Å². The summed E-state index contributed by atoms with van der Waals surface area (Å²) in [6.07, 6.45) is 12.7. The van der Waals surface area contributed by atoms with E-state index in [1.54, 1.807) is 6.20 Å². The minimum atomic E-state index is -0.327. The number of benzene rings is 1. The number of H-pyrrole nitrogens is 1. The van der Waals surface area contributed by atoms with Crippen molar-refractivity contribution in [1.82, 2.24) is 30.4 Å². The lowest BCUT2D eigenvalue weighted by Gasteiger charge is -2.23. The molecule has 1 saturated heterocycles. The van der Waals surface area contributed by atoms with Crippen molar-refractivity contribution in [2.75, 3.05) is 56.2 Å². The Labute approximate surface area is 288 Å². The van der Waals surface area contributed by atoms with E-state index in [-0.39, 0.29) is 5.82 Å². The smallest absolute Gasteiger partial charge is 0.125 e. The summed E-state index contributed by atoms with van der Waals surface area (Å²) >= 11 is 0. The number of nitrogens with one attached hydrogen (secondary N) is 5. The zero-order valence-corrected chi connectivity index (χ0v) is 29.1. The number of allylic oxidation sites excluding steroid dienone is 3. The summed E-state index contributed by atoms with van der Waals surface area (Å²) < 4.78 is 14.7. The van der Waals surface area contributed by atoms with Crippen LogP contribution in [-0.4, -0.2) is 65.3 Å². The molecule has 0 radical (unpaired) electrons. The van der Waals surface area contributed by atoms with Crippen LogP contribution in [-0.2, 0) is 0 Å². The van der Waals surface area contributed by atoms with Crippen LogP contribution >= 0.6 is 0 Å². The SMILES string of the molecule is C=C(CC1CCNCC1)Nc1cncc(C(/C=c2/c(C(=C)Nc3ccnc(-c4cc(F)cc(NCCN(C)C)c4)c3C)n[nH]c2=C)=C/C)c1. The van der Waals surface area contributed by atoms with Crippen LogP contribution in [0.4, 0.5) is 21.5 Å². The Morgan fingerprint density at radius 3 is 2.63 bits per heavy atom. The molecule has 1 fully saturated rings. The molecule has 0 aliphatic carbocycles. The minimum absolute atomic E-state index is 0.327. The van der Waals surface area contributed by atoms with Crippen molar-refractivity contribution in [3.05, 3.63) is 107 Å². The van der Waals surface area contributed by atoms with E-state index >= 15 is 0 Å². The van der Waals surface area contributed by atoms with Gasteiger partial charge in [0.1, 0.15) is 11.5 Å². The standard InChI is InChI=1S/C39H48FN9/c1-8-30(32-20-35(24-42-23-32)45-25(2)17-29-9-12-41-13-10-29)21-36-27(4)47-48-39(36)28(5)46-37-11-14-44-38(26(37)3)31-18-33(40)22-34(19-31)43-15-16-49(6)7/h8,11,14,18-24,29,41,43,45,47H,2,4-5,9-10,12-13,15-17H2,1,3,6-7H3,(H,44,46)/b30-8+,36-21+. The highest BCUT2D eigenvalue weighted by atomic mass is 19.1. The Morgan fingerprint density at radius 2 is 1.88 bits per heavy atom. The van der Waals surface area contributed by atoms with Crippen molar-refractivity contribution in [2.24, 2.45) is 5.92 Å². The van der Waals surface area contributed by atoms with E-state index < -0.39 is 0 Å². The molecule has 0 unspecified atom stereocenters. The third-order valence-electron chi connectivity index (χ3n) is 8.72. The number of likely N-dealkylation sites (N-methyl/N-ethyl adjacent to an activating group) is 1. The first-order valence-electron chi connectivity index (χ1n) is 16.7. The highest BCUT2D eigenvalue weighted by molar-refractivity contribution is 5.90. The monoisotopic (exact) mass is 661 g/mol. The fourth-order valence-electron chi connectivity index (χ4n) is 6.05. The predicted octanol–water partition coefficient (Wildman–Crippen LogP) is 5.98. The molecule has 0 spiro atoms. The normalized spacial score (nSPS) is 14.2. The number of hydrogen-bond acceptors (Lipinski definition) is 8. The van der Waals surface area contributed by atoms with Crippen LogP contribution < -0.4 is 31.8 Å². The Balaban J connectivity index is 1.35. The van der Waals surface area contributed by atoms with E-state index in [9.17, 15) is 4.39 Å². The van der Waals surface area contributed by atoms with Gasteiger partial charge < -0.3 is 26.2 Å². The molecule has 5 N–H and O–H groups in total. The van der Waals surface area contributed by atoms with Crippen molar-refractivity contribution < 1.29 is 4.39 Å². The van der Waals surface area contributed by atoms with Gasteiger partial charge in [0.2, 0.25) is 0 Å². The summed E-state index contributed by atoms with van der Waals surface area (Å²) in [5, 5.41) is 22.7. The van der Waals surface area contributed by atoms with Crippen LogP contribution in [0, 0.1) is 18.7 Å². The van der Waals surface area contributed by atoms with Crippen LogP contribution in [0.15, 0.2) is 73.9 Å². The molecule has 256 valence electrons. The van der Waals surface area contributed by atoms with E-state index in [0.29, 0.717) is 46.1 Å². The van der Waals surface area contributed by atoms with Gasteiger partial charge in [-0.3, -0.25) is 15.1 Å². The second-order valence-electron chi connectivity index (χ2n) is 12.8. The van der Waals surface area contributed by atoms with Crippen molar-refractivity contribution in [1.29, 1.82) is 0 Å². The minimum Gasteiger partial charge on any atom is -0.384 e. The maximum atomic E-state index is 14.7. The van der Waals surface area contributed by atoms with Crippen molar-refractivity contribution in [3.8, 4) is 11.3 Å². The average molecular weight is 662 g/mol. The van der Waals surface area contributed by atoms with Gasteiger partial charge in [-0.25, -0.2) is 4.39 Å². The van der Waals surface area contributed by atoms with Crippen molar-refractivity contribution in [2.45, 2.75) is 33.1 Å². The highest BCUT2D eigenvalue weighted by Gasteiger charge is 2.16. The topological polar surface area (TPSA) is 106 Å². The zero-order chi connectivity index (χ0) is 34.9. The number of anilines is 3. The van der Waals surface area contributed by atoms with E-state index in [2.05, 4.69) is 72.1 Å². The molecule has 4 heterocycles. The Kier molecular flexibility index (Phi) is 11.8. The number of piperidine rings is 1. The Morgan fingerprint density at radius 1 is 1.08 bits per heavy atom. The molecule has 9 nitrogen and oxygen atoms in total. The molecule has 0 amide bonds. The molecule has 1 aliphatic heterocycles. The lowest BCUT2D eigenvalue weighted by atomic mass is 9.93. The van der Waals surface area contributed by atoms with Gasteiger partial charge in [0, 0.05) is 58.9 Å². The number of hydrogen-bond donors (Lipinski definition) is 5. The number of nitrogens with zero attached hydrogens (tertiary/aromatic N) is 4. The quantitative estimate of drug-likeness (QED) is 0.113. The molecule has 4 aromatic rings. The van der Waals surface area contributed by atoms with Gasteiger partial charge in [-0.2, -0.15) is 5.10 Å².